The first-order valence-electron chi connectivity index (χ1n) is 6.08. The predicted molar refractivity (Wildman–Crippen MR) is 66.9 cm³/mol. The van der Waals surface area contributed by atoms with E-state index in [4.69, 9.17) is 9.47 Å². The van der Waals surface area contributed by atoms with Gasteiger partial charge in [0, 0.05) is 13.2 Å². The van der Waals surface area contributed by atoms with Crippen LogP contribution in [0.1, 0.15) is 31.7 Å². The van der Waals surface area contributed by atoms with Crippen LogP contribution >= 0.6 is 0 Å². The predicted octanol–water partition coefficient (Wildman–Crippen LogP) is 2.76. The number of esters is 1. The van der Waals surface area contributed by atoms with Gasteiger partial charge < -0.3 is 9.47 Å². The van der Waals surface area contributed by atoms with E-state index in [1.165, 1.54) is 0 Å². The number of hydrogen-bond donors (Lipinski definition) is 0. The molecule has 3 heteroatoms. The van der Waals surface area contributed by atoms with Crippen LogP contribution in [0.25, 0.3) is 0 Å². The maximum Gasteiger partial charge on any atom is 0.313 e. The minimum atomic E-state index is -0.220. The molecular formula is C14H20O3. The van der Waals surface area contributed by atoms with Gasteiger partial charge in [0.05, 0.1) is 12.5 Å². The van der Waals surface area contributed by atoms with Gasteiger partial charge in [0.15, 0.2) is 0 Å². The fraction of sp³-hybridized carbons (Fsp3) is 0.500. The summed E-state index contributed by atoms with van der Waals surface area (Å²) in [5.41, 5.74) is 0.991. The second kappa shape index (κ2) is 7.85. The zero-order chi connectivity index (χ0) is 12.5. The minimum absolute atomic E-state index is 0.168. The topological polar surface area (TPSA) is 35.5 Å². The molecule has 3 nitrogen and oxygen atoms in total. The fourth-order valence-corrected chi connectivity index (χ4v) is 1.69. The summed E-state index contributed by atoms with van der Waals surface area (Å²) in [4.78, 5) is 11.9. The molecule has 0 saturated heterocycles. The van der Waals surface area contributed by atoms with E-state index < -0.39 is 0 Å². The van der Waals surface area contributed by atoms with Crippen molar-refractivity contribution in [2.75, 3.05) is 19.8 Å². The van der Waals surface area contributed by atoms with Gasteiger partial charge in [-0.2, -0.15) is 0 Å². The van der Waals surface area contributed by atoms with Crippen molar-refractivity contribution in [2.45, 2.75) is 26.2 Å². The second-order valence-corrected chi connectivity index (χ2v) is 3.70. The van der Waals surface area contributed by atoms with Crippen molar-refractivity contribution in [3.63, 3.8) is 0 Å². The zero-order valence-corrected chi connectivity index (χ0v) is 10.5. The molecule has 0 radical (unpaired) electrons. The SMILES string of the molecule is CCOCCC(C(=O)OCC)c1ccccc1. The third-order valence-corrected chi connectivity index (χ3v) is 2.53. The maximum absolute atomic E-state index is 11.9. The first kappa shape index (κ1) is 13.7. The molecule has 0 saturated carbocycles. The van der Waals surface area contributed by atoms with Crippen molar-refractivity contribution in [2.24, 2.45) is 0 Å². The molecule has 1 unspecified atom stereocenters. The Kier molecular flexibility index (Phi) is 6.33. The van der Waals surface area contributed by atoms with Crippen LogP contribution in [-0.4, -0.2) is 25.8 Å². The fourth-order valence-electron chi connectivity index (χ4n) is 1.69. The van der Waals surface area contributed by atoms with Crippen molar-refractivity contribution >= 4 is 5.97 Å². The molecule has 1 aromatic rings. The molecule has 0 bridgehead atoms. The Morgan fingerprint density at radius 1 is 1.18 bits per heavy atom. The Hall–Kier alpha value is -1.35. The van der Waals surface area contributed by atoms with Gasteiger partial charge in [0.1, 0.15) is 0 Å². The first-order valence-corrected chi connectivity index (χ1v) is 6.08. The number of rotatable bonds is 7. The largest absolute Gasteiger partial charge is 0.466 e. The summed E-state index contributed by atoms with van der Waals surface area (Å²) in [6.07, 6.45) is 0.663. The Morgan fingerprint density at radius 2 is 1.88 bits per heavy atom. The molecule has 0 aliphatic carbocycles. The molecule has 0 aromatic heterocycles. The van der Waals surface area contributed by atoms with Crippen LogP contribution in [0.5, 0.6) is 0 Å². The lowest BCUT2D eigenvalue weighted by Crippen LogP contribution is -2.18. The summed E-state index contributed by atoms with van der Waals surface area (Å²) in [6.45, 7) is 5.43. The van der Waals surface area contributed by atoms with Gasteiger partial charge in [-0.05, 0) is 25.8 Å². The van der Waals surface area contributed by atoms with E-state index >= 15 is 0 Å². The number of carbonyl (C=O) groups is 1. The van der Waals surface area contributed by atoms with Crippen molar-refractivity contribution in [3.05, 3.63) is 35.9 Å². The van der Waals surface area contributed by atoms with Gasteiger partial charge in [0.25, 0.3) is 0 Å². The highest BCUT2D eigenvalue weighted by Crippen LogP contribution is 2.21. The highest BCUT2D eigenvalue weighted by Gasteiger charge is 2.21. The minimum Gasteiger partial charge on any atom is -0.466 e. The van der Waals surface area contributed by atoms with Crippen LogP contribution in [0.4, 0.5) is 0 Å². The van der Waals surface area contributed by atoms with Gasteiger partial charge in [-0.3, -0.25) is 4.79 Å². The number of benzene rings is 1. The molecule has 0 N–H and O–H groups in total. The van der Waals surface area contributed by atoms with E-state index in [1.807, 2.05) is 44.2 Å². The molecule has 1 aromatic carbocycles. The summed E-state index contributed by atoms with van der Waals surface area (Å²) in [5.74, 6) is -0.388. The van der Waals surface area contributed by atoms with Crippen LogP contribution < -0.4 is 0 Å². The van der Waals surface area contributed by atoms with Crippen LogP contribution in [-0.2, 0) is 14.3 Å². The molecule has 0 heterocycles. The average Bonchev–Trinajstić information content (AvgIpc) is 2.36. The Bertz CT molecular complexity index is 321. The Morgan fingerprint density at radius 3 is 2.47 bits per heavy atom. The molecule has 1 rings (SSSR count). The molecule has 0 spiro atoms. The summed E-state index contributed by atoms with van der Waals surface area (Å²) >= 11 is 0. The molecular weight excluding hydrogens is 216 g/mol. The van der Waals surface area contributed by atoms with Gasteiger partial charge in [-0.15, -0.1) is 0 Å². The van der Waals surface area contributed by atoms with Gasteiger partial charge in [0.2, 0.25) is 0 Å². The molecule has 0 amide bonds. The van der Waals surface area contributed by atoms with E-state index in [-0.39, 0.29) is 11.9 Å². The van der Waals surface area contributed by atoms with Crippen LogP contribution in [0.2, 0.25) is 0 Å². The molecule has 17 heavy (non-hydrogen) atoms. The third-order valence-electron chi connectivity index (χ3n) is 2.53. The number of ether oxygens (including phenoxy) is 2. The lowest BCUT2D eigenvalue weighted by atomic mass is 9.96. The van der Waals surface area contributed by atoms with Crippen molar-refractivity contribution in [3.8, 4) is 0 Å². The van der Waals surface area contributed by atoms with Gasteiger partial charge >= 0.3 is 5.97 Å². The van der Waals surface area contributed by atoms with E-state index in [9.17, 15) is 4.79 Å². The number of carbonyl (C=O) groups excluding carboxylic acids is 1. The smallest absolute Gasteiger partial charge is 0.313 e. The normalized spacial score (nSPS) is 12.1. The summed E-state index contributed by atoms with van der Waals surface area (Å²) in [7, 11) is 0. The average molecular weight is 236 g/mol. The molecule has 0 aliphatic heterocycles. The van der Waals surface area contributed by atoms with Crippen molar-refractivity contribution in [1.29, 1.82) is 0 Å². The van der Waals surface area contributed by atoms with E-state index in [2.05, 4.69) is 0 Å². The van der Waals surface area contributed by atoms with Crippen molar-refractivity contribution in [1.82, 2.24) is 0 Å². The highest BCUT2D eigenvalue weighted by molar-refractivity contribution is 5.78. The van der Waals surface area contributed by atoms with Crippen molar-refractivity contribution < 1.29 is 14.3 Å². The van der Waals surface area contributed by atoms with Gasteiger partial charge in [-0.25, -0.2) is 0 Å². The third kappa shape index (κ3) is 4.57. The Balaban J connectivity index is 2.68. The zero-order valence-electron chi connectivity index (χ0n) is 10.5. The summed E-state index contributed by atoms with van der Waals surface area (Å²) in [6, 6.07) is 9.71. The van der Waals surface area contributed by atoms with Crippen LogP contribution in [0, 0.1) is 0 Å². The molecule has 1 atom stereocenters. The van der Waals surface area contributed by atoms with Crippen LogP contribution in [0.15, 0.2) is 30.3 Å². The maximum atomic E-state index is 11.9. The van der Waals surface area contributed by atoms with Gasteiger partial charge in [-0.1, -0.05) is 30.3 Å². The second-order valence-electron chi connectivity index (χ2n) is 3.70. The quantitative estimate of drug-likeness (QED) is 0.539. The number of hydrogen-bond acceptors (Lipinski definition) is 3. The lowest BCUT2D eigenvalue weighted by Gasteiger charge is -2.15. The lowest BCUT2D eigenvalue weighted by molar-refractivity contribution is -0.145. The molecule has 0 fully saturated rings. The van der Waals surface area contributed by atoms with Crippen LogP contribution in [0.3, 0.4) is 0 Å². The first-order chi connectivity index (χ1) is 8.29. The highest BCUT2D eigenvalue weighted by atomic mass is 16.5. The summed E-state index contributed by atoms with van der Waals surface area (Å²) < 4.78 is 10.4. The summed E-state index contributed by atoms with van der Waals surface area (Å²) in [5, 5.41) is 0. The van der Waals surface area contributed by atoms with E-state index in [1.54, 1.807) is 0 Å². The van der Waals surface area contributed by atoms with E-state index in [0.29, 0.717) is 26.2 Å². The molecule has 0 aliphatic rings. The Labute approximate surface area is 103 Å². The standard InChI is InChI=1S/C14H20O3/c1-3-16-11-10-13(14(15)17-4-2)12-8-6-5-7-9-12/h5-9,13H,3-4,10-11H2,1-2H3. The van der Waals surface area contributed by atoms with E-state index in [0.717, 1.165) is 5.56 Å². The molecule has 94 valence electrons. The monoisotopic (exact) mass is 236 g/mol.